The molecular weight excluding hydrogens is 335 g/mol. The van der Waals surface area contributed by atoms with Crippen LogP contribution in [-0.2, 0) is 0 Å². The molecule has 4 nitrogen and oxygen atoms in total. The van der Waals surface area contributed by atoms with Crippen LogP contribution in [0, 0.1) is 5.21 Å². The number of Topliss-reactive ketones (excluding diaryl/α,β-unsaturated/α-hetero) is 1. The standard InChI is InChI=1S/C15H7ClF3NO3/c16-10-5-2-6-11-12(10)14(21)13(20(11)22)8-3-1-4-9(7-8)23-15(17,18)19/h1-7H. The van der Waals surface area contributed by atoms with E-state index in [-0.39, 0.29) is 27.5 Å². The van der Waals surface area contributed by atoms with E-state index in [2.05, 4.69) is 4.74 Å². The number of halogens is 4. The summed E-state index contributed by atoms with van der Waals surface area (Å²) in [6, 6.07) is 9.03. The third kappa shape index (κ3) is 2.75. The molecule has 0 amide bonds. The molecule has 23 heavy (non-hydrogen) atoms. The first kappa shape index (κ1) is 15.4. The molecule has 0 aromatic heterocycles. The molecule has 2 aromatic carbocycles. The van der Waals surface area contributed by atoms with E-state index in [1.807, 2.05) is 0 Å². The Morgan fingerprint density at radius 2 is 1.83 bits per heavy atom. The Morgan fingerprint density at radius 3 is 2.48 bits per heavy atom. The molecule has 0 radical (unpaired) electrons. The van der Waals surface area contributed by atoms with Gasteiger partial charge in [0.1, 0.15) is 11.3 Å². The Bertz CT molecular complexity index is 846. The lowest BCUT2D eigenvalue weighted by Gasteiger charge is -2.09. The fraction of sp³-hybridized carbons (Fsp3) is 0.0667. The van der Waals surface area contributed by atoms with Gasteiger partial charge in [-0.2, -0.15) is 4.74 Å². The Hall–Kier alpha value is -2.54. The van der Waals surface area contributed by atoms with E-state index in [4.69, 9.17) is 11.6 Å². The van der Waals surface area contributed by atoms with Crippen LogP contribution in [0.3, 0.4) is 0 Å². The molecule has 0 fully saturated rings. The van der Waals surface area contributed by atoms with Crippen LogP contribution in [0.5, 0.6) is 5.75 Å². The molecule has 0 saturated heterocycles. The molecule has 1 aliphatic heterocycles. The summed E-state index contributed by atoms with van der Waals surface area (Å²) in [5.74, 6) is -1.17. The summed E-state index contributed by atoms with van der Waals surface area (Å²) in [5, 5.41) is 12.4. The molecule has 0 aliphatic carbocycles. The lowest BCUT2D eigenvalue weighted by atomic mass is 10.0. The normalized spacial score (nSPS) is 14.2. The van der Waals surface area contributed by atoms with Crippen molar-refractivity contribution in [1.29, 1.82) is 0 Å². The maximum absolute atomic E-state index is 12.4. The van der Waals surface area contributed by atoms with Crippen molar-refractivity contribution in [3.05, 3.63) is 63.8 Å². The average Bonchev–Trinajstić information content (AvgIpc) is 2.70. The van der Waals surface area contributed by atoms with E-state index in [9.17, 15) is 23.2 Å². The zero-order chi connectivity index (χ0) is 16.8. The number of nitrogens with zero attached hydrogens (tertiary/aromatic N) is 1. The zero-order valence-electron chi connectivity index (χ0n) is 11.2. The summed E-state index contributed by atoms with van der Waals surface area (Å²) >= 11 is 5.93. The SMILES string of the molecule is O=C1C(c2cccc(OC(F)(F)F)c2)=[N+]([O-])c2cccc(Cl)c21. The summed E-state index contributed by atoms with van der Waals surface area (Å²) in [5.41, 5.74) is -0.208. The predicted octanol–water partition coefficient (Wildman–Crippen LogP) is 4.07. The molecule has 1 aliphatic rings. The summed E-state index contributed by atoms with van der Waals surface area (Å²) in [4.78, 5) is 12.4. The van der Waals surface area contributed by atoms with Crippen LogP contribution in [0.1, 0.15) is 15.9 Å². The molecule has 8 heteroatoms. The lowest BCUT2D eigenvalue weighted by Crippen LogP contribution is -2.19. The quantitative estimate of drug-likeness (QED) is 0.611. The number of carbonyl (C=O) groups is 1. The van der Waals surface area contributed by atoms with Gasteiger partial charge >= 0.3 is 6.36 Å². The second kappa shape index (κ2) is 5.27. The van der Waals surface area contributed by atoms with Crippen LogP contribution < -0.4 is 4.74 Å². The fourth-order valence-electron chi connectivity index (χ4n) is 2.33. The van der Waals surface area contributed by atoms with Gasteiger partial charge in [-0.05, 0) is 24.3 Å². The van der Waals surface area contributed by atoms with Crippen molar-refractivity contribution in [3.8, 4) is 5.75 Å². The smallest absolute Gasteiger partial charge is 0.573 e. The van der Waals surface area contributed by atoms with Gasteiger partial charge in [-0.1, -0.05) is 23.7 Å². The highest BCUT2D eigenvalue weighted by molar-refractivity contribution is 6.54. The van der Waals surface area contributed by atoms with Gasteiger partial charge in [0.05, 0.1) is 10.6 Å². The first-order valence-corrected chi connectivity index (χ1v) is 6.69. The molecule has 1 heterocycles. The van der Waals surface area contributed by atoms with Gasteiger partial charge in [-0.3, -0.25) is 4.79 Å². The number of carbonyl (C=O) groups excluding carboxylic acids is 1. The second-order valence-corrected chi connectivity index (χ2v) is 5.09. The minimum Gasteiger partial charge on any atom is -0.618 e. The van der Waals surface area contributed by atoms with Crippen LogP contribution >= 0.6 is 11.6 Å². The first-order valence-electron chi connectivity index (χ1n) is 6.31. The van der Waals surface area contributed by atoms with E-state index in [0.717, 1.165) is 12.1 Å². The number of ether oxygens (including phenoxy) is 1. The summed E-state index contributed by atoms with van der Waals surface area (Å²) in [6.45, 7) is 0. The maximum Gasteiger partial charge on any atom is 0.573 e. The number of fused-ring (bicyclic) bond motifs is 1. The van der Waals surface area contributed by atoms with Crippen molar-refractivity contribution in [1.82, 2.24) is 0 Å². The largest absolute Gasteiger partial charge is 0.618 e. The van der Waals surface area contributed by atoms with Crippen molar-refractivity contribution in [2.45, 2.75) is 6.36 Å². The van der Waals surface area contributed by atoms with Crippen LogP contribution in [0.4, 0.5) is 18.9 Å². The van der Waals surface area contributed by atoms with E-state index >= 15 is 0 Å². The summed E-state index contributed by atoms with van der Waals surface area (Å²) in [6.07, 6.45) is -4.87. The highest BCUT2D eigenvalue weighted by atomic mass is 35.5. The summed E-state index contributed by atoms with van der Waals surface area (Å²) < 4.78 is 41.0. The van der Waals surface area contributed by atoms with Gasteiger partial charge in [-0.15, -0.1) is 13.2 Å². The number of hydrogen-bond donors (Lipinski definition) is 0. The number of hydrogen-bond acceptors (Lipinski definition) is 3. The number of benzene rings is 2. The van der Waals surface area contributed by atoms with Crippen molar-refractivity contribution in [3.63, 3.8) is 0 Å². The molecule has 0 atom stereocenters. The molecule has 118 valence electrons. The molecule has 0 N–H and O–H groups in total. The Morgan fingerprint density at radius 1 is 1.13 bits per heavy atom. The third-order valence-electron chi connectivity index (χ3n) is 3.20. The van der Waals surface area contributed by atoms with Crippen LogP contribution in [0.2, 0.25) is 5.02 Å². The highest BCUT2D eigenvalue weighted by Crippen LogP contribution is 2.34. The van der Waals surface area contributed by atoms with Crippen molar-refractivity contribution in [2.24, 2.45) is 0 Å². The van der Waals surface area contributed by atoms with Gasteiger partial charge in [0.25, 0.3) is 11.5 Å². The van der Waals surface area contributed by atoms with Crippen molar-refractivity contribution >= 4 is 28.8 Å². The predicted molar refractivity (Wildman–Crippen MR) is 76.3 cm³/mol. The molecular formula is C15H7ClF3NO3. The van der Waals surface area contributed by atoms with E-state index < -0.39 is 17.9 Å². The first-order chi connectivity index (χ1) is 10.8. The molecule has 2 aromatic rings. The Labute approximate surface area is 133 Å². The fourth-order valence-corrected chi connectivity index (χ4v) is 2.58. The minimum absolute atomic E-state index is 0.0130. The van der Waals surface area contributed by atoms with Gasteiger partial charge in [0.15, 0.2) is 0 Å². The molecule has 0 saturated carbocycles. The van der Waals surface area contributed by atoms with Gasteiger partial charge in [-0.25, -0.2) is 0 Å². The topological polar surface area (TPSA) is 52.4 Å². The number of alkyl halides is 3. The van der Waals surface area contributed by atoms with E-state index in [0.29, 0.717) is 4.74 Å². The van der Waals surface area contributed by atoms with E-state index in [1.165, 1.54) is 30.3 Å². The van der Waals surface area contributed by atoms with Gasteiger partial charge in [0.2, 0.25) is 5.69 Å². The lowest BCUT2D eigenvalue weighted by molar-refractivity contribution is -0.355. The van der Waals surface area contributed by atoms with Crippen molar-refractivity contribution in [2.75, 3.05) is 0 Å². The Kier molecular flexibility index (Phi) is 3.52. The van der Waals surface area contributed by atoms with Crippen LogP contribution in [-0.4, -0.2) is 22.6 Å². The van der Waals surface area contributed by atoms with Gasteiger partial charge < -0.3 is 9.94 Å². The second-order valence-electron chi connectivity index (χ2n) is 4.68. The highest BCUT2D eigenvalue weighted by Gasteiger charge is 2.39. The average molecular weight is 342 g/mol. The molecule has 0 bridgehead atoms. The third-order valence-corrected chi connectivity index (χ3v) is 3.51. The molecule has 3 rings (SSSR count). The maximum atomic E-state index is 12.4. The Balaban J connectivity index is 2.07. The van der Waals surface area contributed by atoms with Crippen molar-refractivity contribution < 1.29 is 27.4 Å². The molecule has 0 spiro atoms. The number of ketones is 1. The minimum atomic E-state index is -4.87. The van der Waals surface area contributed by atoms with Crippen LogP contribution in [0.15, 0.2) is 42.5 Å². The zero-order valence-corrected chi connectivity index (χ0v) is 12.0. The van der Waals surface area contributed by atoms with Gasteiger partial charge in [0, 0.05) is 6.07 Å². The summed E-state index contributed by atoms with van der Waals surface area (Å²) in [7, 11) is 0. The monoisotopic (exact) mass is 341 g/mol. The number of rotatable bonds is 2. The van der Waals surface area contributed by atoms with E-state index in [1.54, 1.807) is 0 Å². The molecule has 0 unspecified atom stereocenters. The van der Waals surface area contributed by atoms with Crippen LogP contribution in [0.25, 0.3) is 0 Å².